The summed E-state index contributed by atoms with van der Waals surface area (Å²) < 4.78 is 44.1. The van der Waals surface area contributed by atoms with Crippen LogP contribution < -0.4 is 16.0 Å². The second-order valence-corrected chi connectivity index (χ2v) is 7.74. The molecule has 1 aromatic heterocycles. The Morgan fingerprint density at radius 1 is 1.03 bits per heavy atom. The number of dihydropyridines is 1. The van der Waals surface area contributed by atoms with Gasteiger partial charge in [0.2, 0.25) is 0 Å². The molecule has 5 nitrogen and oxygen atoms in total. The first-order valence-electron chi connectivity index (χ1n) is 9.59. The van der Waals surface area contributed by atoms with Gasteiger partial charge in [-0.05, 0) is 63.6 Å². The number of ether oxygens (including phenoxy) is 1. The zero-order valence-corrected chi connectivity index (χ0v) is 18.5. The Morgan fingerprint density at radius 2 is 1.77 bits per heavy atom. The lowest BCUT2D eigenvalue weighted by molar-refractivity contribution is -0.137. The zero-order chi connectivity index (χ0) is 21.8. The minimum absolute atomic E-state index is 0.0502. The van der Waals surface area contributed by atoms with Gasteiger partial charge >= 0.3 is 6.18 Å². The highest BCUT2D eigenvalue weighted by molar-refractivity contribution is 14.1. The molecule has 1 aromatic carbocycles. The van der Waals surface area contributed by atoms with E-state index in [-0.39, 0.29) is 6.17 Å². The van der Waals surface area contributed by atoms with Crippen LogP contribution in [0.3, 0.4) is 0 Å². The smallest absolute Gasteiger partial charge is 0.416 e. The molecule has 0 bridgehead atoms. The van der Waals surface area contributed by atoms with Crippen LogP contribution in [-0.4, -0.2) is 15.8 Å². The minimum atomic E-state index is -4.32. The number of alkyl halides is 4. The number of benzene rings is 1. The van der Waals surface area contributed by atoms with Crippen molar-refractivity contribution in [3.63, 3.8) is 0 Å². The molecule has 31 heavy (non-hydrogen) atoms. The van der Waals surface area contributed by atoms with Gasteiger partial charge in [0.05, 0.1) is 5.56 Å². The van der Waals surface area contributed by atoms with Gasteiger partial charge in [-0.3, -0.25) is 0 Å². The maximum absolute atomic E-state index is 12.6. The van der Waals surface area contributed by atoms with Gasteiger partial charge in [0.25, 0.3) is 0 Å². The van der Waals surface area contributed by atoms with E-state index < -0.39 is 11.7 Å². The average Bonchev–Trinajstić information content (AvgIpc) is 3.15. The van der Waals surface area contributed by atoms with E-state index in [1.165, 1.54) is 12.1 Å². The van der Waals surface area contributed by atoms with Gasteiger partial charge in [-0.25, -0.2) is 4.98 Å². The van der Waals surface area contributed by atoms with Crippen LogP contribution in [0.4, 0.5) is 19.0 Å². The first-order valence-corrected chi connectivity index (χ1v) is 11.1. The van der Waals surface area contributed by atoms with Crippen molar-refractivity contribution in [2.24, 2.45) is 0 Å². The van der Waals surface area contributed by atoms with Crippen LogP contribution in [0.5, 0.6) is 0 Å². The van der Waals surface area contributed by atoms with E-state index in [4.69, 9.17) is 4.74 Å². The minimum Gasteiger partial charge on any atom is -0.482 e. The lowest BCUT2D eigenvalue weighted by atomic mass is 9.98. The average molecular weight is 540 g/mol. The van der Waals surface area contributed by atoms with E-state index in [1.807, 2.05) is 30.6 Å². The van der Waals surface area contributed by atoms with Crippen molar-refractivity contribution >= 4 is 28.4 Å². The van der Waals surface area contributed by atoms with Gasteiger partial charge in [-0.15, -0.1) is 0 Å². The summed E-state index contributed by atoms with van der Waals surface area (Å²) in [6, 6.07) is 8.98. The Bertz CT molecular complexity index is 1010. The Hall–Kier alpha value is -2.69. The normalized spacial score (nSPS) is 17.5. The Labute approximate surface area is 191 Å². The number of nitrogens with one attached hydrogen (secondary N) is 3. The number of halogens is 4. The summed E-state index contributed by atoms with van der Waals surface area (Å²) in [5.74, 6) is 1.47. The molecule has 1 unspecified atom stereocenters. The van der Waals surface area contributed by atoms with Crippen molar-refractivity contribution in [2.45, 2.75) is 25.3 Å². The van der Waals surface area contributed by atoms with Crippen molar-refractivity contribution < 1.29 is 17.9 Å². The van der Waals surface area contributed by atoms with Crippen molar-refractivity contribution in [3.8, 4) is 0 Å². The van der Waals surface area contributed by atoms with Gasteiger partial charge in [0, 0.05) is 37.1 Å². The predicted molar refractivity (Wildman–Crippen MR) is 121 cm³/mol. The van der Waals surface area contributed by atoms with Crippen LogP contribution in [-0.2, 0) is 23.9 Å². The number of aromatic nitrogens is 1. The number of pyridine rings is 1. The SMILES string of the molecule is FC(F)(F)c1ccc(CNc2ccc(CC3=CNC4NC=C(OCI)C=C34)cn2)cc1. The quantitative estimate of drug-likeness (QED) is 0.347. The second-order valence-electron chi connectivity index (χ2n) is 7.11. The number of nitrogens with zero attached hydrogens (tertiary/aromatic N) is 1. The lowest BCUT2D eigenvalue weighted by Crippen LogP contribution is -2.36. The molecule has 0 amide bonds. The Kier molecular flexibility index (Phi) is 6.40. The van der Waals surface area contributed by atoms with Crippen LogP contribution in [0, 0.1) is 0 Å². The molecule has 4 rings (SSSR count). The molecule has 1 atom stereocenters. The summed E-state index contributed by atoms with van der Waals surface area (Å²) in [5, 5.41) is 9.72. The second kappa shape index (κ2) is 9.21. The number of rotatable bonds is 7. The number of hydrogen-bond donors (Lipinski definition) is 3. The zero-order valence-electron chi connectivity index (χ0n) is 16.3. The number of hydrogen-bond acceptors (Lipinski definition) is 5. The highest BCUT2D eigenvalue weighted by Crippen LogP contribution is 2.29. The molecule has 162 valence electrons. The van der Waals surface area contributed by atoms with Crippen LogP contribution in [0.1, 0.15) is 16.7 Å². The fourth-order valence-corrected chi connectivity index (χ4v) is 3.73. The van der Waals surface area contributed by atoms with Gasteiger partial charge in [-0.1, -0.05) is 18.2 Å². The highest BCUT2D eigenvalue weighted by atomic mass is 127. The molecule has 3 N–H and O–H groups in total. The van der Waals surface area contributed by atoms with Gasteiger partial charge in [-0.2, -0.15) is 13.2 Å². The molecule has 2 aliphatic heterocycles. The summed E-state index contributed by atoms with van der Waals surface area (Å²) in [6.45, 7) is 0.395. The highest BCUT2D eigenvalue weighted by Gasteiger charge is 2.30. The third kappa shape index (κ3) is 5.33. The predicted octanol–water partition coefficient (Wildman–Crippen LogP) is 4.85. The van der Waals surface area contributed by atoms with Gasteiger partial charge in [0.1, 0.15) is 22.4 Å². The Morgan fingerprint density at radius 3 is 2.45 bits per heavy atom. The summed E-state index contributed by atoms with van der Waals surface area (Å²) in [5.41, 5.74) is 3.46. The van der Waals surface area contributed by atoms with Crippen LogP contribution >= 0.6 is 22.6 Å². The number of fused-ring (bicyclic) bond motifs is 1. The van der Waals surface area contributed by atoms with Gasteiger partial charge in [0.15, 0.2) is 0 Å². The number of allylic oxidation sites excluding steroid dienone is 1. The van der Waals surface area contributed by atoms with Crippen LogP contribution in [0.25, 0.3) is 0 Å². The molecule has 2 aliphatic rings. The molecule has 0 radical (unpaired) electrons. The molecule has 0 saturated heterocycles. The van der Waals surface area contributed by atoms with E-state index in [1.54, 1.807) is 6.20 Å². The third-order valence-corrected chi connectivity index (χ3v) is 5.30. The first kappa shape index (κ1) is 21.5. The van der Waals surface area contributed by atoms with E-state index in [9.17, 15) is 13.2 Å². The standard InChI is InChI=1S/C22H20F3IN4O/c23-22(24,25)17-4-1-14(2-5-17)9-27-20-6-3-15(10-28-20)7-16-11-29-21-19(16)8-18(12-30-21)31-13-26/h1-6,8,10-12,21,29-30H,7,9,13H2,(H,27,28). The van der Waals surface area contributed by atoms with E-state index in [0.29, 0.717) is 17.0 Å². The summed E-state index contributed by atoms with van der Waals surface area (Å²) in [7, 11) is 0. The van der Waals surface area contributed by atoms with Crippen molar-refractivity contribution in [2.75, 3.05) is 9.93 Å². The van der Waals surface area contributed by atoms with E-state index in [2.05, 4.69) is 43.5 Å². The summed E-state index contributed by atoms with van der Waals surface area (Å²) in [6.07, 6.45) is 4.15. The molecule has 0 spiro atoms. The largest absolute Gasteiger partial charge is 0.482 e. The molecule has 9 heteroatoms. The molecule has 0 fully saturated rings. The Balaban J connectivity index is 1.34. The monoisotopic (exact) mass is 540 g/mol. The third-order valence-electron chi connectivity index (χ3n) is 4.99. The summed E-state index contributed by atoms with van der Waals surface area (Å²) in [4.78, 5) is 4.43. The molecular formula is C22H20F3IN4O. The molecule has 2 aromatic rings. The van der Waals surface area contributed by atoms with Crippen LogP contribution in [0.15, 0.2) is 78.0 Å². The lowest BCUT2D eigenvalue weighted by Gasteiger charge is -2.21. The molecule has 0 aliphatic carbocycles. The molecular weight excluding hydrogens is 520 g/mol. The molecule has 0 saturated carbocycles. The molecule has 3 heterocycles. The number of anilines is 1. The maximum Gasteiger partial charge on any atom is 0.416 e. The van der Waals surface area contributed by atoms with Crippen molar-refractivity contribution in [3.05, 3.63) is 94.7 Å². The fourth-order valence-electron chi connectivity index (χ4n) is 3.37. The fraction of sp³-hybridized carbons (Fsp3) is 0.227. The van der Waals surface area contributed by atoms with Crippen molar-refractivity contribution in [1.82, 2.24) is 15.6 Å². The van der Waals surface area contributed by atoms with Gasteiger partial charge < -0.3 is 20.7 Å². The first-order chi connectivity index (χ1) is 14.9. The summed E-state index contributed by atoms with van der Waals surface area (Å²) >= 11 is 2.16. The van der Waals surface area contributed by atoms with Crippen LogP contribution in [0.2, 0.25) is 0 Å². The maximum atomic E-state index is 12.6. The van der Waals surface area contributed by atoms with E-state index in [0.717, 1.165) is 46.6 Å². The topological polar surface area (TPSA) is 58.2 Å². The van der Waals surface area contributed by atoms with Crippen molar-refractivity contribution in [1.29, 1.82) is 0 Å². The van der Waals surface area contributed by atoms with E-state index >= 15 is 0 Å².